The molecule has 0 aromatic heterocycles. The second kappa shape index (κ2) is 9.43. The molecule has 1 saturated carbocycles. The first-order valence-electron chi connectivity index (χ1n) is 9.70. The fourth-order valence-electron chi connectivity index (χ4n) is 3.71. The predicted octanol–water partition coefficient (Wildman–Crippen LogP) is 2.81. The number of rotatable bonds is 7. The zero-order valence-electron chi connectivity index (χ0n) is 16.7. The fraction of sp³-hybridized carbons (Fsp3) is 0.364. The number of ether oxygens (including phenoxy) is 2. The lowest BCUT2D eigenvalue weighted by Gasteiger charge is -2.21. The second-order valence-electron chi connectivity index (χ2n) is 7.08. The van der Waals surface area contributed by atoms with Gasteiger partial charge in [-0.1, -0.05) is 24.6 Å². The van der Waals surface area contributed by atoms with Crippen molar-refractivity contribution in [1.82, 2.24) is 5.32 Å². The molecule has 154 valence electrons. The Morgan fingerprint density at radius 1 is 1.03 bits per heavy atom. The molecule has 2 amide bonds. The van der Waals surface area contributed by atoms with Crippen molar-refractivity contribution >= 4 is 17.5 Å². The van der Waals surface area contributed by atoms with E-state index in [0.29, 0.717) is 34.9 Å². The van der Waals surface area contributed by atoms with Crippen molar-refractivity contribution in [2.24, 2.45) is 11.7 Å². The molecule has 7 heteroatoms. The summed E-state index contributed by atoms with van der Waals surface area (Å²) in [5.41, 5.74) is 7.00. The summed E-state index contributed by atoms with van der Waals surface area (Å²) in [5.74, 6) is 0.513. The fourth-order valence-corrected chi connectivity index (χ4v) is 3.71. The van der Waals surface area contributed by atoms with Crippen LogP contribution in [0.25, 0.3) is 0 Å². The van der Waals surface area contributed by atoms with Crippen molar-refractivity contribution in [2.75, 3.05) is 26.1 Å². The van der Waals surface area contributed by atoms with E-state index in [1.165, 1.54) is 14.2 Å². The SMILES string of the molecule is COc1cc(NC(=O)c2ccccc2)c(C(=O)NC2CCCC2CN)cc1OC. The standard InChI is InChI=1S/C22H27N3O4/c1-28-19-11-16(22(27)24-17-10-6-9-15(17)13-23)18(12-20(19)29-2)25-21(26)14-7-4-3-5-8-14/h3-5,7-8,11-12,15,17H,6,9-10,13,23H2,1-2H3,(H,24,27)(H,25,26). The van der Waals surface area contributed by atoms with Crippen LogP contribution < -0.4 is 25.8 Å². The lowest BCUT2D eigenvalue weighted by molar-refractivity contribution is 0.0929. The van der Waals surface area contributed by atoms with E-state index in [4.69, 9.17) is 15.2 Å². The molecule has 3 rings (SSSR count). The first kappa shape index (κ1) is 20.7. The minimum Gasteiger partial charge on any atom is -0.493 e. The Morgan fingerprint density at radius 3 is 2.38 bits per heavy atom. The molecule has 1 aliphatic carbocycles. The summed E-state index contributed by atoms with van der Waals surface area (Å²) < 4.78 is 10.7. The lowest BCUT2D eigenvalue weighted by Crippen LogP contribution is -2.40. The van der Waals surface area contributed by atoms with E-state index in [1.54, 1.807) is 36.4 Å². The number of carbonyl (C=O) groups is 2. The van der Waals surface area contributed by atoms with Crippen LogP contribution in [0.2, 0.25) is 0 Å². The Morgan fingerprint density at radius 2 is 1.72 bits per heavy atom. The van der Waals surface area contributed by atoms with Crippen molar-refractivity contribution in [3.8, 4) is 11.5 Å². The maximum atomic E-state index is 13.1. The van der Waals surface area contributed by atoms with Gasteiger partial charge < -0.3 is 25.8 Å². The third-order valence-corrected chi connectivity index (χ3v) is 5.33. The topological polar surface area (TPSA) is 103 Å². The molecule has 0 bridgehead atoms. The Bertz CT molecular complexity index is 870. The number of amides is 2. The van der Waals surface area contributed by atoms with Gasteiger partial charge in [0.05, 0.1) is 25.5 Å². The summed E-state index contributed by atoms with van der Waals surface area (Å²) in [6.07, 6.45) is 2.94. The van der Waals surface area contributed by atoms with Gasteiger partial charge in [0.15, 0.2) is 11.5 Å². The summed E-state index contributed by atoms with van der Waals surface area (Å²) in [6, 6.07) is 12.0. The van der Waals surface area contributed by atoms with Crippen molar-refractivity contribution < 1.29 is 19.1 Å². The third kappa shape index (κ3) is 4.68. The average Bonchev–Trinajstić information content (AvgIpc) is 3.20. The van der Waals surface area contributed by atoms with Gasteiger partial charge in [-0.05, 0) is 43.5 Å². The Kier molecular flexibility index (Phi) is 6.72. The highest BCUT2D eigenvalue weighted by Gasteiger charge is 2.29. The quantitative estimate of drug-likeness (QED) is 0.667. The summed E-state index contributed by atoms with van der Waals surface area (Å²) in [4.78, 5) is 25.7. The van der Waals surface area contributed by atoms with Gasteiger partial charge in [0.1, 0.15) is 0 Å². The average molecular weight is 397 g/mol. The Balaban J connectivity index is 1.91. The number of hydrogen-bond donors (Lipinski definition) is 3. The Hall–Kier alpha value is -3.06. The van der Waals surface area contributed by atoms with Crippen LogP contribution in [-0.2, 0) is 0 Å². The van der Waals surface area contributed by atoms with E-state index < -0.39 is 0 Å². The van der Waals surface area contributed by atoms with Gasteiger partial charge in [-0.15, -0.1) is 0 Å². The number of anilines is 1. The van der Waals surface area contributed by atoms with E-state index in [0.717, 1.165) is 19.3 Å². The molecule has 0 spiro atoms. The highest BCUT2D eigenvalue weighted by Crippen LogP contribution is 2.34. The molecule has 0 radical (unpaired) electrons. The maximum absolute atomic E-state index is 13.1. The van der Waals surface area contributed by atoms with Crippen molar-refractivity contribution in [1.29, 1.82) is 0 Å². The highest BCUT2D eigenvalue weighted by molar-refractivity contribution is 6.09. The van der Waals surface area contributed by atoms with E-state index in [2.05, 4.69) is 10.6 Å². The van der Waals surface area contributed by atoms with Crippen molar-refractivity contribution in [2.45, 2.75) is 25.3 Å². The first-order chi connectivity index (χ1) is 14.1. The molecule has 0 saturated heterocycles. The molecular weight excluding hydrogens is 370 g/mol. The van der Waals surface area contributed by atoms with Crippen LogP contribution >= 0.6 is 0 Å². The number of hydrogen-bond acceptors (Lipinski definition) is 5. The van der Waals surface area contributed by atoms with Crippen LogP contribution in [0.4, 0.5) is 5.69 Å². The van der Waals surface area contributed by atoms with E-state index in [1.807, 2.05) is 6.07 Å². The third-order valence-electron chi connectivity index (χ3n) is 5.33. The van der Waals surface area contributed by atoms with Crippen LogP contribution in [0.5, 0.6) is 11.5 Å². The zero-order chi connectivity index (χ0) is 20.8. The first-order valence-corrected chi connectivity index (χ1v) is 9.70. The smallest absolute Gasteiger partial charge is 0.255 e. The largest absolute Gasteiger partial charge is 0.493 e. The number of nitrogens with two attached hydrogens (primary N) is 1. The molecule has 2 atom stereocenters. The monoisotopic (exact) mass is 397 g/mol. The van der Waals surface area contributed by atoms with Gasteiger partial charge >= 0.3 is 0 Å². The van der Waals surface area contributed by atoms with Crippen molar-refractivity contribution in [3.05, 3.63) is 53.6 Å². The van der Waals surface area contributed by atoms with Crippen LogP contribution in [0, 0.1) is 5.92 Å². The summed E-state index contributed by atoms with van der Waals surface area (Å²) in [5, 5.41) is 5.90. The van der Waals surface area contributed by atoms with Gasteiger partial charge in [-0.2, -0.15) is 0 Å². The molecule has 4 N–H and O–H groups in total. The number of carbonyl (C=O) groups excluding carboxylic acids is 2. The summed E-state index contributed by atoms with van der Waals surface area (Å²) in [6.45, 7) is 0.536. The van der Waals surface area contributed by atoms with E-state index in [-0.39, 0.29) is 23.8 Å². The molecular formula is C22H27N3O4. The van der Waals surface area contributed by atoms with Crippen LogP contribution in [-0.4, -0.2) is 38.6 Å². The summed E-state index contributed by atoms with van der Waals surface area (Å²) in [7, 11) is 3.01. The number of nitrogens with one attached hydrogen (secondary N) is 2. The van der Waals surface area contributed by atoms with Gasteiger partial charge in [0, 0.05) is 17.7 Å². The summed E-state index contributed by atoms with van der Waals surface area (Å²) >= 11 is 0. The molecule has 29 heavy (non-hydrogen) atoms. The van der Waals surface area contributed by atoms with E-state index in [9.17, 15) is 9.59 Å². The molecule has 7 nitrogen and oxygen atoms in total. The minimum atomic E-state index is -0.312. The predicted molar refractivity (Wildman–Crippen MR) is 112 cm³/mol. The molecule has 2 aromatic rings. The molecule has 2 unspecified atom stereocenters. The van der Waals surface area contributed by atoms with Crippen LogP contribution in [0.15, 0.2) is 42.5 Å². The molecule has 1 aliphatic rings. The number of benzene rings is 2. The molecule has 0 aliphatic heterocycles. The normalized spacial score (nSPS) is 18.2. The zero-order valence-corrected chi connectivity index (χ0v) is 16.7. The second-order valence-corrected chi connectivity index (χ2v) is 7.08. The van der Waals surface area contributed by atoms with Crippen LogP contribution in [0.3, 0.4) is 0 Å². The van der Waals surface area contributed by atoms with Crippen molar-refractivity contribution in [3.63, 3.8) is 0 Å². The minimum absolute atomic E-state index is 0.0262. The molecule has 0 heterocycles. The Labute approximate surface area is 170 Å². The van der Waals surface area contributed by atoms with Gasteiger partial charge in [0.25, 0.3) is 11.8 Å². The van der Waals surface area contributed by atoms with Gasteiger partial charge in [-0.25, -0.2) is 0 Å². The molecule has 2 aromatic carbocycles. The highest BCUT2D eigenvalue weighted by atomic mass is 16.5. The number of methoxy groups -OCH3 is 2. The van der Waals surface area contributed by atoms with Gasteiger partial charge in [0.2, 0.25) is 0 Å². The van der Waals surface area contributed by atoms with Crippen LogP contribution in [0.1, 0.15) is 40.0 Å². The maximum Gasteiger partial charge on any atom is 0.255 e. The molecule has 1 fully saturated rings. The lowest BCUT2D eigenvalue weighted by atomic mass is 10.0. The van der Waals surface area contributed by atoms with Gasteiger partial charge in [-0.3, -0.25) is 9.59 Å². The van der Waals surface area contributed by atoms with E-state index >= 15 is 0 Å².